The van der Waals surface area contributed by atoms with Gasteiger partial charge in [0.05, 0.1) is 18.2 Å². The lowest BCUT2D eigenvalue weighted by Crippen LogP contribution is -2.50. The van der Waals surface area contributed by atoms with Gasteiger partial charge in [0.15, 0.2) is 0 Å². The van der Waals surface area contributed by atoms with Gasteiger partial charge in [0.2, 0.25) is 0 Å². The van der Waals surface area contributed by atoms with Gasteiger partial charge in [-0.15, -0.1) is 11.3 Å². The van der Waals surface area contributed by atoms with E-state index in [0.29, 0.717) is 13.1 Å². The van der Waals surface area contributed by atoms with Gasteiger partial charge in [-0.3, -0.25) is 5.32 Å². The Morgan fingerprint density at radius 3 is 2.37 bits per heavy atom. The van der Waals surface area contributed by atoms with Gasteiger partial charge in [0.25, 0.3) is 0 Å². The van der Waals surface area contributed by atoms with Gasteiger partial charge in [-0.2, -0.15) is 0 Å². The van der Waals surface area contributed by atoms with Gasteiger partial charge < -0.3 is 19.4 Å². The summed E-state index contributed by atoms with van der Waals surface area (Å²) in [4.78, 5) is 27.9. The number of hydrogen-bond donors (Lipinski definition) is 1. The minimum Gasteiger partial charge on any atom is -0.378 e. The van der Waals surface area contributed by atoms with Crippen LogP contribution >= 0.6 is 11.3 Å². The molecule has 0 atom stereocenters. The van der Waals surface area contributed by atoms with Crippen LogP contribution in [0, 0.1) is 6.92 Å². The zero-order valence-electron chi connectivity index (χ0n) is 15.4. The van der Waals surface area contributed by atoms with Gasteiger partial charge in [0, 0.05) is 45.3 Å². The molecule has 2 aliphatic rings. The van der Waals surface area contributed by atoms with Crippen LogP contribution in [-0.4, -0.2) is 73.4 Å². The third-order valence-corrected chi connectivity index (χ3v) is 5.57. The van der Waals surface area contributed by atoms with Crippen molar-refractivity contribution in [1.29, 1.82) is 0 Å². The molecule has 2 aromatic heterocycles. The van der Waals surface area contributed by atoms with E-state index in [1.165, 1.54) is 11.3 Å². The summed E-state index contributed by atoms with van der Waals surface area (Å²) in [6.45, 7) is 7.97. The number of piperazine rings is 1. The molecule has 0 radical (unpaired) electrons. The summed E-state index contributed by atoms with van der Waals surface area (Å²) < 4.78 is 5.43. The minimum atomic E-state index is -0.0371. The standard InChI is InChI=1S/C18H24N6O2S/c1-14-19-15(13-16(20-14)23-8-10-26-11-9-23)22-4-6-24(7-5-22)18(25)21-17-3-2-12-27-17/h2-3,12-13H,4-11H2,1H3,(H,21,25). The molecule has 4 rings (SSSR count). The summed E-state index contributed by atoms with van der Waals surface area (Å²) >= 11 is 1.53. The number of aryl methyl sites for hydroxylation is 1. The van der Waals surface area contributed by atoms with Crippen LogP contribution in [0.15, 0.2) is 23.6 Å². The fraction of sp³-hybridized carbons (Fsp3) is 0.500. The van der Waals surface area contributed by atoms with Gasteiger partial charge in [-0.1, -0.05) is 0 Å². The van der Waals surface area contributed by atoms with E-state index in [1.807, 2.05) is 29.3 Å². The zero-order chi connectivity index (χ0) is 18.6. The van der Waals surface area contributed by atoms with Crippen molar-refractivity contribution in [2.24, 2.45) is 0 Å². The van der Waals surface area contributed by atoms with Crippen molar-refractivity contribution < 1.29 is 9.53 Å². The SMILES string of the molecule is Cc1nc(N2CCOCC2)cc(N2CCN(C(=O)Nc3cccs3)CC2)n1. The number of carbonyl (C=O) groups is 1. The lowest BCUT2D eigenvalue weighted by Gasteiger charge is -2.36. The third-order valence-electron chi connectivity index (χ3n) is 4.79. The Labute approximate surface area is 162 Å². The molecule has 144 valence electrons. The quantitative estimate of drug-likeness (QED) is 0.867. The number of anilines is 3. The van der Waals surface area contributed by atoms with Crippen molar-refractivity contribution in [3.8, 4) is 0 Å². The fourth-order valence-corrected chi connectivity index (χ4v) is 3.93. The average molecular weight is 388 g/mol. The summed E-state index contributed by atoms with van der Waals surface area (Å²) in [5.41, 5.74) is 0. The molecule has 0 spiro atoms. The van der Waals surface area contributed by atoms with E-state index in [4.69, 9.17) is 4.74 Å². The van der Waals surface area contributed by atoms with E-state index < -0.39 is 0 Å². The molecule has 8 nitrogen and oxygen atoms in total. The first-order valence-electron chi connectivity index (χ1n) is 9.22. The van der Waals surface area contributed by atoms with E-state index in [-0.39, 0.29) is 6.03 Å². The first-order valence-corrected chi connectivity index (χ1v) is 10.1. The summed E-state index contributed by atoms with van der Waals surface area (Å²) in [7, 11) is 0. The second-order valence-electron chi connectivity index (χ2n) is 6.61. The number of urea groups is 1. The van der Waals surface area contributed by atoms with Gasteiger partial charge >= 0.3 is 6.03 Å². The molecular formula is C18H24N6O2S. The molecule has 0 unspecified atom stereocenters. The zero-order valence-corrected chi connectivity index (χ0v) is 16.2. The lowest BCUT2D eigenvalue weighted by molar-refractivity contribution is 0.122. The van der Waals surface area contributed by atoms with Crippen LogP contribution in [0.4, 0.5) is 21.4 Å². The highest BCUT2D eigenvalue weighted by Crippen LogP contribution is 2.22. The third kappa shape index (κ3) is 4.30. The van der Waals surface area contributed by atoms with Gasteiger partial charge in [-0.05, 0) is 24.4 Å². The molecule has 2 aromatic rings. The molecule has 0 bridgehead atoms. The molecule has 9 heteroatoms. The topological polar surface area (TPSA) is 73.8 Å². The molecule has 1 N–H and O–H groups in total. The molecule has 2 saturated heterocycles. The smallest absolute Gasteiger partial charge is 0.322 e. The second-order valence-corrected chi connectivity index (χ2v) is 7.56. The fourth-order valence-electron chi connectivity index (χ4n) is 3.33. The predicted molar refractivity (Wildman–Crippen MR) is 107 cm³/mol. The van der Waals surface area contributed by atoms with Crippen LogP contribution in [0.1, 0.15) is 5.82 Å². The van der Waals surface area contributed by atoms with E-state index in [1.54, 1.807) is 0 Å². The number of nitrogens with zero attached hydrogens (tertiary/aromatic N) is 5. The maximum Gasteiger partial charge on any atom is 0.322 e. The van der Waals surface area contributed by atoms with E-state index in [9.17, 15) is 4.79 Å². The Hall–Kier alpha value is -2.39. The highest BCUT2D eigenvalue weighted by atomic mass is 32.1. The Morgan fingerprint density at radius 1 is 1.07 bits per heavy atom. The number of ether oxygens (including phenoxy) is 1. The number of thiophene rings is 1. The van der Waals surface area contributed by atoms with E-state index in [2.05, 4.69) is 31.2 Å². The molecule has 2 fully saturated rings. The van der Waals surface area contributed by atoms with E-state index in [0.717, 1.165) is 61.9 Å². The average Bonchev–Trinajstić information content (AvgIpc) is 3.21. The number of hydrogen-bond acceptors (Lipinski definition) is 7. The Balaban J connectivity index is 1.39. The number of carbonyl (C=O) groups excluding carboxylic acids is 1. The van der Waals surface area contributed by atoms with Crippen molar-refractivity contribution in [1.82, 2.24) is 14.9 Å². The van der Waals surface area contributed by atoms with Crippen molar-refractivity contribution in [3.05, 3.63) is 29.4 Å². The lowest BCUT2D eigenvalue weighted by atomic mass is 10.3. The van der Waals surface area contributed by atoms with Crippen molar-refractivity contribution in [2.75, 3.05) is 67.6 Å². The molecule has 4 heterocycles. The molecule has 0 aromatic carbocycles. The summed E-state index contributed by atoms with van der Waals surface area (Å²) in [5.74, 6) is 2.66. The van der Waals surface area contributed by atoms with E-state index >= 15 is 0 Å². The molecule has 2 amide bonds. The maximum atomic E-state index is 12.4. The summed E-state index contributed by atoms with van der Waals surface area (Å²) in [6.07, 6.45) is 0. The van der Waals surface area contributed by atoms with Crippen LogP contribution in [0.25, 0.3) is 0 Å². The Bertz CT molecular complexity index is 770. The molecule has 0 aliphatic carbocycles. The van der Waals surface area contributed by atoms with Crippen molar-refractivity contribution >= 4 is 34.0 Å². The molecule has 2 aliphatic heterocycles. The highest BCUT2D eigenvalue weighted by molar-refractivity contribution is 7.14. The largest absolute Gasteiger partial charge is 0.378 e. The molecular weight excluding hydrogens is 364 g/mol. The van der Waals surface area contributed by atoms with Gasteiger partial charge in [0.1, 0.15) is 17.5 Å². The minimum absolute atomic E-state index is 0.0371. The second kappa shape index (κ2) is 8.10. The van der Waals surface area contributed by atoms with Crippen molar-refractivity contribution in [2.45, 2.75) is 6.92 Å². The Morgan fingerprint density at radius 2 is 1.74 bits per heavy atom. The monoisotopic (exact) mass is 388 g/mol. The number of aromatic nitrogens is 2. The maximum absolute atomic E-state index is 12.4. The number of rotatable bonds is 3. The number of morpholine rings is 1. The first-order chi connectivity index (χ1) is 13.2. The van der Waals surface area contributed by atoms with Gasteiger partial charge in [-0.25, -0.2) is 14.8 Å². The Kier molecular flexibility index (Phi) is 5.40. The predicted octanol–water partition coefficient (Wildman–Crippen LogP) is 2.04. The normalized spacial score (nSPS) is 17.9. The van der Waals surface area contributed by atoms with Crippen LogP contribution < -0.4 is 15.1 Å². The van der Waals surface area contributed by atoms with Crippen LogP contribution in [0.2, 0.25) is 0 Å². The number of amides is 2. The van der Waals surface area contributed by atoms with Crippen LogP contribution in [-0.2, 0) is 4.74 Å². The van der Waals surface area contributed by atoms with Crippen LogP contribution in [0.5, 0.6) is 0 Å². The van der Waals surface area contributed by atoms with Crippen molar-refractivity contribution in [3.63, 3.8) is 0 Å². The summed E-state index contributed by atoms with van der Waals surface area (Å²) in [6, 6.07) is 5.86. The highest BCUT2D eigenvalue weighted by Gasteiger charge is 2.23. The van der Waals surface area contributed by atoms with Crippen LogP contribution in [0.3, 0.4) is 0 Å². The number of nitrogens with one attached hydrogen (secondary N) is 1. The first kappa shape index (κ1) is 18.0. The summed E-state index contributed by atoms with van der Waals surface area (Å²) in [5, 5.41) is 5.78. The molecule has 27 heavy (non-hydrogen) atoms. The molecule has 0 saturated carbocycles.